The van der Waals surface area contributed by atoms with Gasteiger partial charge in [0.25, 0.3) is 5.91 Å². The summed E-state index contributed by atoms with van der Waals surface area (Å²) in [5.41, 5.74) is 2.61. The Bertz CT molecular complexity index is 1400. The van der Waals surface area contributed by atoms with Gasteiger partial charge in [0, 0.05) is 34.8 Å². The average molecular weight is 530 g/mol. The topological polar surface area (TPSA) is 52.7 Å². The summed E-state index contributed by atoms with van der Waals surface area (Å²) in [6, 6.07) is 28.0. The molecule has 3 saturated heterocycles. The van der Waals surface area contributed by atoms with E-state index in [1.807, 2.05) is 84.6 Å². The van der Waals surface area contributed by atoms with Crippen molar-refractivity contribution in [2.24, 2.45) is 0 Å². The Kier molecular flexibility index (Phi) is 5.12. The molecule has 4 heterocycles. The quantitative estimate of drug-likeness (QED) is 0.492. The van der Waals surface area contributed by atoms with Crippen molar-refractivity contribution in [3.8, 4) is 0 Å². The summed E-state index contributed by atoms with van der Waals surface area (Å²) < 4.78 is -0.571. The number of amides is 2. The largest absolute Gasteiger partial charge is 0.324 e. The molecule has 4 aliphatic heterocycles. The number of carbonyl (C=O) groups is 2. The van der Waals surface area contributed by atoms with Gasteiger partial charge in [0.1, 0.15) is 9.07 Å². The summed E-state index contributed by atoms with van der Waals surface area (Å²) in [5.74, 6) is 1.16. The molecule has 0 aliphatic carbocycles. The number of anilines is 1. The molecule has 0 radical (unpaired) electrons. The lowest BCUT2D eigenvalue weighted by atomic mass is 9.71. The van der Waals surface area contributed by atoms with Gasteiger partial charge in [-0.1, -0.05) is 103 Å². The molecule has 4 atom stereocenters. The van der Waals surface area contributed by atoms with E-state index in [0.29, 0.717) is 16.7 Å². The molecule has 1 N–H and O–H groups in total. The summed E-state index contributed by atoms with van der Waals surface area (Å²) in [6.07, 6.45) is 0. The number of thioether (sulfide) groups is 2. The third-order valence-corrected chi connectivity index (χ3v) is 10.9. The predicted octanol–water partition coefficient (Wildman–Crippen LogP) is 4.81. The minimum absolute atomic E-state index is 0.0326. The van der Waals surface area contributed by atoms with Crippen molar-refractivity contribution in [2.45, 2.75) is 28.8 Å². The summed E-state index contributed by atoms with van der Waals surface area (Å²) >= 11 is 9.19. The summed E-state index contributed by atoms with van der Waals surface area (Å²) in [6.45, 7) is 0.396. The number of fused-ring (bicyclic) bond motifs is 5. The van der Waals surface area contributed by atoms with E-state index in [1.165, 1.54) is 11.8 Å². The third kappa shape index (κ3) is 2.76. The monoisotopic (exact) mass is 529 g/mol. The van der Waals surface area contributed by atoms with Crippen LogP contribution in [0.1, 0.15) is 22.6 Å². The molecule has 0 saturated carbocycles. The molecule has 0 aromatic heterocycles. The van der Waals surface area contributed by atoms with Crippen LogP contribution < -0.4 is 5.32 Å². The number of thiocarbonyl (C=S) groups is 1. The van der Waals surface area contributed by atoms with Crippen LogP contribution >= 0.6 is 35.7 Å². The molecule has 4 aliphatic rings. The van der Waals surface area contributed by atoms with E-state index in [1.54, 1.807) is 4.90 Å². The Morgan fingerprint density at radius 3 is 2.42 bits per heavy atom. The van der Waals surface area contributed by atoms with E-state index < -0.39 is 10.3 Å². The Balaban J connectivity index is 1.49. The number of hydrogen-bond donors (Lipinski definition) is 1. The molecular weight excluding hydrogens is 507 g/mol. The maximum absolute atomic E-state index is 14.9. The SMILES string of the molecule is O=C1N(Cc2ccccc2)C(=S)SC12C(c1ccccc1)C1CSCN1C21C(=O)Nc2ccccc21. The highest BCUT2D eigenvalue weighted by atomic mass is 32.2. The second-order valence-electron chi connectivity index (χ2n) is 9.62. The van der Waals surface area contributed by atoms with Crippen molar-refractivity contribution in [3.05, 3.63) is 102 Å². The van der Waals surface area contributed by atoms with Crippen LogP contribution in [0, 0.1) is 0 Å². The Morgan fingerprint density at radius 2 is 1.64 bits per heavy atom. The molecule has 5 nitrogen and oxygen atoms in total. The lowest BCUT2D eigenvalue weighted by Gasteiger charge is -2.42. The molecule has 36 heavy (non-hydrogen) atoms. The zero-order valence-corrected chi connectivity index (χ0v) is 21.7. The van der Waals surface area contributed by atoms with E-state index in [-0.39, 0.29) is 23.8 Å². The number of carbonyl (C=O) groups excluding carboxylic acids is 2. The first-order valence-electron chi connectivity index (χ1n) is 12.0. The van der Waals surface area contributed by atoms with Crippen LogP contribution in [-0.2, 0) is 21.7 Å². The van der Waals surface area contributed by atoms with Gasteiger partial charge in [-0.25, -0.2) is 0 Å². The summed E-state index contributed by atoms with van der Waals surface area (Å²) in [7, 11) is 0. The minimum atomic E-state index is -1.14. The van der Waals surface area contributed by atoms with E-state index >= 15 is 0 Å². The van der Waals surface area contributed by atoms with E-state index in [4.69, 9.17) is 12.2 Å². The van der Waals surface area contributed by atoms with Crippen molar-refractivity contribution >= 4 is 57.6 Å². The maximum Gasteiger partial charge on any atom is 0.251 e. The van der Waals surface area contributed by atoms with Crippen LogP contribution in [0.25, 0.3) is 0 Å². The van der Waals surface area contributed by atoms with Gasteiger partial charge in [-0.2, -0.15) is 0 Å². The van der Waals surface area contributed by atoms with E-state index in [9.17, 15) is 9.59 Å². The van der Waals surface area contributed by atoms with Gasteiger partial charge in [-0.05, 0) is 17.2 Å². The molecule has 3 aromatic rings. The van der Waals surface area contributed by atoms with Gasteiger partial charge in [-0.15, -0.1) is 11.8 Å². The lowest BCUT2D eigenvalue weighted by Crippen LogP contribution is -2.62. The molecule has 3 fully saturated rings. The van der Waals surface area contributed by atoms with Crippen LogP contribution in [0.15, 0.2) is 84.9 Å². The highest BCUT2D eigenvalue weighted by Gasteiger charge is 2.81. The number of rotatable bonds is 3. The van der Waals surface area contributed by atoms with Crippen molar-refractivity contribution < 1.29 is 9.59 Å². The smallest absolute Gasteiger partial charge is 0.251 e. The van der Waals surface area contributed by atoms with Crippen LogP contribution in [0.2, 0.25) is 0 Å². The molecule has 4 unspecified atom stereocenters. The molecule has 2 spiro atoms. The standard InChI is InChI=1S/C28H23N3O2S3/c32-24-27(20-13-7-8-14-21(20)29-24)28(23(19-11-5-2-6-12-19)22-16-35-17-31(22)27)25(33)30(26(34)36-28)15-18-9-3-1-4-10-18/h1-14,22-23H,15-17H2,(H,29,32). The Labute approximate surface area is 223 Å². The van der Waals surface area contributed by atoms with Crippen molar-refractivity contribution in [1.29, 1.82) is 0 Å². The third-order valence-electron chi connectivity index (χ3n) is 7.98. The average Bonchev–Trinajstić information content (AvgIpc) is 3.61. The zero-order valence-electron chi connectivity index (χ0n) is 19.3. The summed E-state index contributed by atoms with van der Waals surface area (Å²) in [4.78, 5) is 33.2. The van der Waals surface area contributed by atoms with Crippen LogP contribution in [0.4, 0.5) is 5.69 Å². The van der Waals surface area contributed by atoms with Gasteiger partial charge in [0.05, 0.1) is 6.54 Å². The normalized spacial score (nSPS) is 30.9. The zero-order chi connectivity index (χ0) is 24.5. The van der Waals surface area contributed by atoms with Crippen molar-refractivity contribution in [3.63, 3.8) is 0 Å². The Morgan fingerprint density at radius 1 is 0.944 bits per heavy atom. The van der Waals surface area contributed by atoms with Crippen LogP contribution in [-0.4, -0.2) is 48.4 Å². The number of nitrogens with zero attached hydrogens (tertiary/aromatic N) is 2. The molecule has 7 rings (SSSR count). The van der Waals surface area contributed by atoms with Gasteiger partial charge in [-0.3, -0.25) is 19.4 Å². The van der Waals surface area contributed by atoms with E-state index in [2.05, 4.69) is 22.3 Å². The fourth-order valence-corrected chi connectivity index (χ4v) is 10.1. The molecular formula is C28H23N3O2S3. The second kappa shape index (κ2) is 8.18. The first-order chi connectivity index (χ1) is 17.6. The van der Waals surface area contributed by atoms with Gasteiger partial charge < -0.3 is 5.32 Å². The predicted molar refractivity (Wildman–Crippen MR) is 149 cm³/mol. The number of benzene rings is 3. The number of para-hydroxylation sites is 1. The summed E-state index contributed by atoms with van der Waals surface area (Å²) in [5, 5.41) is 3.15. The molecule has 0 bridgehead atoms. The van der Waals surface area contributed by atoms with E-state index in [0.717, 1.165) is 28.1 Å². The van der Waals surface area contributed by atoms with Gasteiger partial charge >= 0.3 is 0 Å². The fraction of sp³-hybridized carbons (Fsp3) is 0.250. The second-order valence-corrected chi connectivity index (χ2v) is 12.5. The van der Waals surface area contributed by atoms with Crippen LogP contribution in [0.3, 0.4) is 0 Å². The highest BCUT2D eigenvalue weighted by molar-refractivity contribution is 8.25. The molecule has 8 heteroatoms. The molecule has 180 valence electrons. The molecule has 3 aromatic carbocycles. The van der Waals surface area contributed by atoms with Gasteiger partial charge in [0.2, 0.25) is 5.91 Å². The molecule has 2 amide bonds. The lowest BCUT2D eigenvalue weighted by molar-refractivity contribution is -0.138. The van der Waals surface area contributed by atoms with Crippen molar-refractivity contribution in [1.82, 2.24) is 9.80 Å². The minimum Gasteiger partial charge on any atom is -0.324 e. The highest BCUT2D eigenvalue weighted by Crippen LogP contribution is 2.69. The first-order valence-corrected chi connectivity index (χ1v) is 14.4. The van der Waals surface area contributed by atoms with Gasteiger partial charge in [0.15, 0.2) is 5.54 Å². The fourth-order valence-electron chi connectivity index (χ4n) is 6.65. The maximum atomic E-state index is 14.9. The van der Waals surface area contributed by atoms with Crippen molar-refractivity contribution in [2.75, 3.05) is 16.9 Å². The number of nitrogens with one attached hydrogen (secondary N) is 1. The Hall–Kier alpha value is -2.65. The number of hydrogen-bond acceptors (Lipinski definition) is 6. The van der Waals surface area contributed by atoms with Crippen LogP contribution in [0.5, 0.6) is 0 Å². The first kappa shape index (κ1) is 22.5.